The van der Waals surface area contributed by atoms with Crippen molar-refractivity contribution in [1.82, 2.24) is 9.21 Å². The third-order valence-electron chi connectivity index (χ3n) is 5.71. The maximum Gasteiger partial charge on any atom is 0.416 e. The Balaban J connectivity index is 1.37. The lowest BCUT2D eigenvalue weighted by molar-refractivity contribution is -0.137. The number of sulfonamides is 1. The lowest BCUT2D eigenvalue weighted by Crippen LogP contribution is -2.51. The van der Waals surface area contributed by atoms with Gasteiger partial charge in [-0.05, 0) is 48.2 Å². The predicted octanol–water partition coefficient (Wildman–Crippen LogP) is 3.73. The summed E-state index contributed by atoms with van der Waals surface area (Å²) in [5, 5.41) is -0.0816. The molecule has 0 N–H and O–H groups in total. The van der Waals surface area contributed by atoms with Crippen LogP contribution in [0.1, 0.15) is 23.5 Å². The second-order valence-corrected chi connectivity index (χ2v) is 10.0. The van der Waals surface area contributed by atoms with Gasteiger partial charge in [-0.2, -0.15) is 21.9 Å². The molecule has 0 unspecified atom stereocenters. The predicted molar refractivity (Wildman–Crippen MR) is 107 cm³/mol. The number of benzene rings is 1. The van der Waals surface area contributed by atoms with Gasteiger partial charge < -0.3 is 4.90 Å². The number of alkyl halides is 3. The molecule has 2 aliphatic rings. The Morgan fingerprint density at radius 1 is 1.06 bits per heavy atom. The van der Waals surface area contributed by atoms with Crippen LogP contribution in [-0.4, -0.2) is 49.7 Å². The molecule has 1 aliphatic carbocycles. The fraction of sp³-hybridized carbons (Fsp3) is 0.381. The molecule has 1 aliphatic heterocycles. The monoisotopic (exact) mass is 488 g/mol. The van der Waals surface area contributed by atoms with Gasteiger partial charge in [-0.25, -0.2) is 8.42 Å². The summed E-state index contributed by atoms with van der Waals surface area (Å²) >= 11 is 5.72. The molecule has 1 heterocycles. The first-order valence-corrected chi connectivity index (χ1v) is 11.6. The van der Waals surface area contributed by atoms with E-state index in [4.69, 9.17) is 11.6 Å². The van der Waals surface area contributed by atoms with E-state index in [2.05, 4.69) is 6.07 Å². The fourth-order valence-electron chi connectivity index (χ4n) is 3.86. The molecule has 0 radical (unpaired) electrons. The number of piperazine rings is 1. The van der Waals surface area contributed by atoms with Gasteiger partial charge >= 0.3 is 6.18 Å². The quantitative estimate of drug-likeness (QED) is 0.616. The van der Waals surface area contributed by atoms with Crippen LogP contribution < -0.4 is 0 Å². The van der Waals surface area contributed by atoms with Crippen molar-refractivity contribution in [3.63, 3.8) is 0 Å². The van der Waals surface area contributed by atoms with Crippen LogP contribution in [0.5, 0.6) is 0 Å². The van der Waals surface area contributed by atoms with Crippen molar-refractivity contribution < 1.29 is 30.8 Å². The maximum absolute atomic E-state index is 14.0. The van der Waals surface area contributed by atoms with Gasteiger partial charge in [0, 0.05) is 32.1 Å². The third kappa shape index (κ3) is 4.42. The summed E-state index contributed by atoms with van der Waals surface area (Å²) in [6, 6.07) is 10.1. The number of amides is 1. The second kappa shape index (κ2) is 8.21. The molecule has 32 heavy (non-hydrogen) atoms. The van der Waals surface area contributed by atoms with Gasteiger partial charge in [0.1, 0.15) is 4.90 Å². The summed E-state index contributed by atoms with van der Waals surface area (Å²) in [6.45, 7) is 0.238. The number of carbonyl (C=O) groups excluding carboxylic acids is 1. The number of rotatable bonds is 4. The Morgan fingerprint density at radius 3 is 2.28 bits per heavy atom. The van der Waals surface area contributed by atoms with Crippen LogP contribution in [0.15, 0.2) is 35.2 Å². The smallest absolute Gasteiger partial charge is 0.340 e. The van der Waals surface area contributed by atoms with Crippen LogP contribution in [0.4, 0.5) is 17.6 Å². The molecule has 1 saturated heterocycles. The molecule has 2 aromatic rings. The van der Waals surface area contributed by atoms with Crippen molar-refractivity contribution in [3.05, 3.63) is 64.4 Å². The third-order valence-corrected chi connectivity index (χ3v) is 7.81. The zero-order chi connectivity index (χ0) is 23.3. The Hall–Kier alpha value is -2.35. The van der Waals surface area contributed by atoms with E-state index in [1.54, 1.807) is 0 Å². The first-order valence-electron chi connectivity index (χ1n) is 9.73. The number of halogens is 5. The van der Waals surface area contributed by atoms with Crippen molar-refractivity contribution in [2.24, 2.45) is 5.92 Å². The van der Waals surface area contributed by atoms with Crippen LogP contribution in [-0.2, 0) is 21.0 Å². The Labute approximate surface area is 187 Å². The Morgan fingerprint density at radius 2 is 1.69 bits per heavy atom. The van der Waals surface area contributed by atoms with Crippen LogP contribution >= 0.6 is 11.6 Å². The van der Waals surface area contributed by atoms with E-state index in [0.717, 1.165) is 22.5 Å². The lowest BCUT2D eigenvalue weighted by atomic mass is 10.1. The molecule has 4 rings (SSSR count). The normalized spacial score (nSPS) is 21.8. The van der Waals surface area contributed by atoms with E-state index in [9.17, 15) is 30.8 Å². The van der Waals surface area contributed by atoms with E-state index < -0.39 is 32.5 Å². The SMILES string of the molecule is O=C([C@H]1C[C@H]1c1ccc(C(F)(F)F)cc1)N1CCN(S(=O)(=O)c2cc(Cl)c#cc2F)CC1. The van der Waals surface area contributed by atoms with Gasteiger partial charge in [0.15, 0.2) is 5.82 Å². The second-order valence-electron chi connectivity index (χ2n) is 7.72. The highest BCUT2D eigenvalue weighted by atomic mass is 35.5. The van der Waals surface area contributed by atoms with E-state index in [0.29, 0.717) is 12.0 Å². The van der Waals surface area contributed by atoms with Gasteiger partial charge in [0.2, 0.25) is 15.9 Å². The van der Waals surface area contributed by atoms with Crippen molar-refractivity contribution in [3.8, 4) is 0 Å². The zero-order valence-corrected chi connectivity index (χ0v) is 18.1. The summed E-state index contributed by atoms with van der Waals surface area (Å²) in [5.74, 6) is -1.74. The first-order chi connectivity index (χ1) is 15.0. The highest BCUT2D eigenvalue weighted by Crippen LogP contribution is 2.49. The van der Waals surface area contributed by atoms with Gasteiger partial charge in [-0.1, -0.05) is 23.7 Å². The van der Waals surface area contributed by atoms with Gasteiger partial charge in [-0.15, -0.1) is 0 Å². The minimum absolute atomic E-state index is 0.0125. The molecular weight excluding hydrogens is 472 g/mol. The summed E-state index contributed by atoms with van der Waals surface area (Å²) in [5.41, 5.74) is -0.0733. The average Bonchev–Trinajstić information content (AvgIpc) is 3.55. The summed E-state index contributed by atoms with van der Waals surface area (Å²) in [4.78, 5) is 13.7. The van der Waals surface area contributed by atoms with Crippen molar-refractivity contribution >= 4 is 27.5 Å². The maximum atomic E-state index is 14.0. The summed E-state index contributed by atoms with van der Waals surface area (Å²) in [7, 11) is -4.15. The highest BCUT2D eigenvalue weighted by molar-refractivity contribution is 7.89. The van der Waals surface area contributed by atoms with Crippen molar-refractivity contribution in [2.75, 3.05) is 26.2 Å². The average molecular weight is 489 g/mol. The van der Waals surface area contributed by atoms with E-state index in [1.807, 2.05) is 6.07 Å². The van der Waals surface area contributed by atoms with E-state index in [1.165, 1.54) is 17.0 Å². The Bertz CT molecular complexity index is 1130. The van der Waals surface area contributed by atoms with Crippen LogP contribution in [0.3, 0.4) is 0 Å². The largest absolute Gasteiger partial charge is 0.416 e. The van der Waals surface area contributed by atoms with Crippen molar-refractivity contribution in [1.29, 1.82) is 0 Å². The molecule has 1 saturated carbocycles. The topological polar surface area (TPSA) is 57.7 Å². The molecule has 0 bridgehead atoms. The number of nitrogens with zero attached hydrogens (tertiary/aromatic N) is 2. The molecule has 0 spiro atoms. The molecular formula is C21H17ClF4N2O3S. The van der Waals surface area contributed by atoms with Crippen LogP contribution in [0.2, 0.25) is 5.02 Å². The molecule has 170 valence electrons. The summed E-state index contributed by atoms with van der Waals surface area (Å²) in [6.07, 6.45) is -3.88. The molecule has 2 aromatic carbocycles. The lowest BCUT2D eigenvalue weighted by Gasteiger charge is -2.34. The van der Waals surface area contributed by atoms with Gasteiger partial charge in [-0.3, -0.25) is 4.79 Å². The number of hydrogen-bond acceptors (Lipinski definition) is 3. The standard InChI is InChI=1S/C21H17ClF4N2O3S/c22-15-5-6-18(23)19(11-15)32(30,31)28-9-7-27(8-10-28)20(29)17-12-16(17)13-1-3-14(4-2-13)21(24,25)26/h1-4,11,16-17H,7-10,12H2/t16-,17-/m0/s1. The molecule has 2 fully saturated rings. The molecule has 11 heteroatoms. The van der Waals surface area contributed by atoms with Gasteiger partial charge in [0.05, 0.1) is 10.6 Å². The minimum Gasteiger partial charge on any atom is -0.340 e. The molecule has 1 amide bonds. The van der Waals surface area contributed by atoms with Crippen molar-refractivity contribution in [2.45, 2.75) is 23.4 Å². The minimum atomic E-state index is -4.42. The highest BCUT2D eigenvalue weighted by Gasteiger charge is 2.46. The number of carbonyl (C=O) groups is 1. The zero-order valence-electron chi connectivity index (χ0n) is 16.5. The van der Waals surface area contributed by atoms with Gasteiger partial charge in [0.25, 0.3) is 0 Å². The van der Waals surface area contributed by atoms with Crippen LogP contribution in [0, 0.1) is 23.9 Å². The number of hydrogen-bond donors (Lipinski definition) is 0. The Kier molecular flexibility index (Phi) is 5.86. The van der Waals surface area contributed by atoms with E-state index in [-0.39, 0.29) is 48.9 Å². The molecule has 0 aromatic heterocycles. The van der Waals surface area contributed by atoms with Crippen LogP contribution in [0.25, 0.3) is 0 Å². The molecule has 5 nitrogen and oxygen atoms in total. The molecule has 2 atom stereocenters. The van der Waals surface area contributed by atoms with E-state index >= 15 is 0 Å². The fourth-order valence-corrected chi connectivity index (χ4v) is 5.54. The summed E-state index contributed by atoms with van der Waals surface area (Å²) < 4.78 is 78.6. The first kappa shape index (κ1) is 22.8.